The summed E-state index contributed by atoms with van der Waals surface area (Å²) in [5, 5.41) is 0. The van der Waals surface area contributed by atoms with E-state index in [0.717, 1.165) is 0 Å². The first-order chi connectivity index (χ1) is 22.0. The monoisotopic (exact) mass is 1400 g/mol. The molecule has 0 aliphatic rings. The van der Waals surface area contributed by atoms with Gasteiger partial charge in [0.05, 0.1) is 0 Å². The van der Waals surface area contributed by atoms with Gasteiger partial charge in [-0.1, -0.05) is 0 Å². The summed E-state index contributed by atoms with van der Waals surface area (Å²) in [6.45, 7) is 0. The zero-order valence-corrected chi connectivity index (χ0v) is 40.9. The van der Waals surface area contributed by atoms with Gasteiger partial charge >= 0.3 is 77.6 Å². The van der Waals surface area contributed by atoms with Crippen molar-refractivity contribution in [1.82, 2.24) is 0 Å². The molecule has 358 valence electrons. The van der Waals surface area contributed by atoms with Crippen molar-refractivity contribution in [3.05, 3.63) is 0 Å². The predicted molar refractivity (Wildman–Crippen MR) is 0 cm³/mol. The molecule has 0 unspecified atom stereocenters. The van der Waals surface area contributed by atoms with Gasteiger partial charge in [-0.25, -0.2) is 205 Å². The van der Waals surface area contributed by atoms with Crippen LogP contribution in [0.25, 0.3) is 0 Å². The summed E-state index contributed by atoms with van der Waals surface area (Å²) in [6.07, 6.45) is 0. The molecular formula is Cl11KO44WZr-6. The first-order valence-electron chi connectivity index (χ1n) is 6.79. The van der Waals surface area contributed by atoms with Crippen LogP contribution in [-0.4, -0.2) is 0 Å². The molecule has 44 nitrogen and oxygen atoms in total. The van der Waals surface area contributed by atoms with Crippen LogP contribution in [-0.2, 0) is 47.3 Å². The van der Waals surface area contributed by atoms with Crippen molar-refractivity contribution in [3.63, 3.8) is 0 Å². The molecule has 58 heteroatoms. The second-order valence-electron chi connectivity index (χ2n) is 4.16. The molecule has 0 bridgehead atoms. The topological polar surface area (TPSA) is 1010 Å². The Bertz CT molecular complexity index is 460. The second-order valence-corrected chi connectivity index (χ2v) is 12.5. The Morgan fingerprint density at radius 3 is 0.121 bits per heavy atom. The molecule has 0 spiro atoms. The van der Waals surface area contributed by atoms with Crippen molar-refractivity contribution < 1.29 is 416 Å². The van der Waals surface area contributed by atoms with Crippen LogP contribution in [0.4, 0.5) is 0 Å². The van der Waals surface area contributed by atoms with Crippen molar-refractivity contribution in [2.75, 3.05) is 0 Å². The van der Waals surface area contributed by atoms with Crippen LogP contribution < -0.4 is 256 Å². The summed E-state index contributed by atoms with van der Waals surface area (Å²) in [7, 11) is -54.4. The summed E-state index contributed by atoms with van der Waals surface area (Å²) >= 11 is 0. The van der Waals surface area contributed by atoms with E-state index in [-0.39, 0.29) is 98.7 Å². The summed E-state index contributed by atoms with van der Waals surface area (Å²) < 4.78 is 374. The molecule has 0 N–H and O–H groups in total. The Morgan fingerprint density at radius 1 is 0.121 bits per heavy atom. The van der Waals surface area contributed by atoms with E-state index < -0.39 is 113 Å². The van der Waals surface area contributed by atoms with Gasteiger partial charge < -0.3 is 0 Å². The molecule has 0 aliphatic carbocycles. The first-order valence-corrected chi connectivity index (χ1v) is 20.4. The fourth-order valence-corrected chi connectivity index (χ4v) is 0. The Labute approximate surface area is 411 Å². The number of rotatable bonds is 0. The van der Waals surface area contributed by atoms with Crippen LogP contribution in [0.2, 0.25) is 0 Å². The maximum Gasteiger partial charge on any atom is 4.00 e. The van der Waals surface area contributed by atoms with E-state index in [0.29, 0.717) is 0 Å². The molecule has 0 aromatic heterocycles. The van der Waals surface area contributed by atoms with Gasteiger partial charge in [0.1, 0.15) is 0 Å². The zero-order valence-electron chi connectivity index (χ0n) is 24.0. The Balaban J connectivity index is -0.0000000304. The van der Waals surface area contributed by atoms with Gasteiger partial charge in [0.2, 0.25) is 0 Å². The Hall–Kier alpha value is 4.64. The van der Waals surface area contributed by atoms with Gasteiger partial charge in [-0.05, 0) is 0 Å². The maximum absolute atomic E-state index is 8.49. The maximum atomic E-state index is 8.49. The number of hydrogen-bond donors (Lipinski definition) is 0. The van der Waals surface area contributed by atoms with E-state index in [1.807, 2.05) is 0 Å². The first kappa shape index (κ1) is 101. The molecule has 0 saturated heterocycles. The molecular weight excluding hydrogens is 1410 g/mol. The summed E-state index contributed by atoms with van der Waals surface area (Å²) in [4.78, 5) is 0. The number of halogens is 11. The third-order valence-electron chi connectivity index (χ3n) is 0. The molecule has 0 atom stereocenters. The van der Waals surface area contributed by atoms with Crippen molar-refractivity contribution >= 4 is 0 Å². The summed E-state index contributed by atoms with van der Waals surface area (Å²) in [5.41, 5.74) is 0. The van der Waals surface area contributed by atoms with Gasteiger partial charge in [0.25, 0.3) is 0 Å². The fraction of sp³-hybridized carbons (Fsp3) is 0. The normalized spacial score (nSPS) is 11.4. The largest absolute Gasteiger partial charge is 4.00 e. The molecule has 0 fully saturated rings. The minimum absolute atomic E-state index is 0. The average Bonchev–Trinajstić information content (AvgIpc) is 2.41. The van der Waals surface area contributed by atoms with Crippen LogP contribution in [0.5, 0.6) is 0 Å². The van der Waals surface area contributed by atoms with Crippen LogP contribution in [0.1, 0.15) is 0 Å². The van der Waals surface area contributed by atoms with Gasteiger partial charge in [-0.3, -0.25) is 0 Å². The predicted octanol–water partition coefficient (Wildman–Crippen LogP) is -55.3. The van der Waals surface area contributed by atoms with Gasteiger partial charge in [0, 0.05) is 21.1 Å². The van der Waals surface area contributed by atoms with Crippen LogP contribution in [0.15, 0.2) is 0 Å². The molecule has 0 aromatic rings. The molecule has 0 rings (SSSR count). The Kier molecular flexibility index (Phi) is 78.8. The Morgan fingerprint density at radius 2 is 0.121 bits per heavy atom. The minimum atomic E-state index is -4.94. The quantitative estimate of drug-likeness (QED) is 0.203. The average molecular weight is 1410 g/mol. The third kappa shape index (κ3) is 10000. The van der Waals surface area contributed by atoms with E-state index >= 15 is 0 Å². The van der Waals surface area contributed by atoms with Gasteiger partial charge in [0.15, 0.2) is 0 Å². The standard InChI is InChI=1S/11ClHO4.K.W.Zr/c11*2-1(3,4)5;;;/h11*(H,2,3,4,5);;;/q;;;;;;;;;;;+1;;+4/p-11. The molecule has 0 saturated carbocycles. The van der Waals surface area contributed by atoms with Crippen molar-refractivity contribution in [1.29, 1.82) is 0 Å². The van der Waals surface area contributed by atoms with Crippen LogP contribution >= 0.6 is 0 Å². The van der Waals surface area contributed by atoms with Gasteiger partial charge in [-0.15, -0.1) is 113 Å². The fourth-order valence-electron chi connectivity index (χ4n) is 0. The van der Waals surface area contributed by atoms with E-state index in [2.05, 4.69) is 0 Å². The molecule has 0 heterocycles. The third-order valence-corrected chi connectivity index (χ3v) is 0. The van der Waals surface area contributed by atoms with Crippen LogP contribution in [0.3, 0.4) is 0 Å². The smallest absolute Gasteiger partial charge is 0.222 e. The van der Waals surface area contributed by atoms with E-state index in [1.54, 1.807) is 0 Å². The van der Waals surface area contributed by atoms with Gasteiger partial charge in [-0.2, -0.15) is 0 Å². The van der Waals surface area contributed by atoms with Crippen molar-refractivity contribution in [3.8, 4) is 0 Å². The van der Waals surface area contributed by atoms with Crippen LogP contribution in [0, 0.1) is 113 Å². The molecule has 0 aromatic carbocycles. The zero-order chi connectivity index (χ0) is 49.5. The second kappa shape index (κ2) is 45.4. The van der Waals surface area contributed by atoms with Crippen molar-refractivity contribution in [2.24, 2.45) is 0 Å². The molecule has 0 aliphatic heterocycles. The SMILES string of the molecule is [K+].[O-][Cl+3]([O-])([O-])[O-].[O-][Cl+3]([O-])([O-])[O-].[O-][Cl+3]([O-])([O-])[O-].[O-][Cl+3]([O-])([O-])[O-].[O-][Cl+3]([O-])([O-])[O-].[O-][Cl+3]([O-])([O-])[O-].[O-][Cl+3]([O-])([O-])[O-].[O-][Cl+3]([O-])([O-])[O-].[O-][Cl+3]([O-])([O-])[O-].[O-][Cl+3]([O-])([O-])[O-].[O-][Cl+3]([O-])([O-])[O-].[W].[Zr+4]. The van der Waals surface area contributed by atoms with Crippen molar-refractivity contribution in [2.45, 2.75) is 0 Å². The van der Waals surface area contributed by atoms with E-state index in [4.69, 9.17) is 205 Å². The van der Waals surface area contributed by atoms with E-state index in [9.17, 15) is 0 Å². The van der Waals surface area contributed by atoms with E-state index in [1.165, 1.54) is 0 Å². The summed E-state index contributed by atoms with van der Waals surface area (Å²) in [5.74, 6) is 0. The minimum Gasteiger partial charge on any atom is -0.222 e. The molecule has 0 radical (unpaired) electrons. The number of hydrogen-bond acceptors (Lipinski definition) is 44. The molecule has 0 amide bonds. The molecule has 58 heavy (non-hydrogen) atoms. The summed E-state index contributed by atoms with van der Waals surface area (Å²) in [6, 6.07) is 0.